The average molecular weight is 340 g/mol. The van der Waals surface area contributed by atoms with Gasteiger partial charge in [-0.1, -0.05) is 0 Å². The van der Waals surface area contributed by atoms with E-state index in [4.69, 9.17) is 14.7 Å². The van der Waals surface area contributed by atoms with E-state index >= 15 is 0 Å². The van der Waals surface area contributed by atoms with E-state index in [1.807, 2.05) is 4.90 Å². The van der Waals surface area contributed by atoms with Gasteiger partial charge in [0.05, 0.1) is 37.1 Å². The fourth-order valence-electron chi connectivity index (χ4n) is 3.00. The first-order chi connectivity index (χ1) is 12.2. The Balaban J connectivity index is 1.60. The van der Waals surface area contributed by atoms with Crippen LogP contribution in [0.5, 0.6) is 11.5 Å². The second-order valence-corrected chi connectivity index (χ2v) is 6.03. The Morgan fingerprint density at radius 3 is 3.08 bits per heavy atom. The summed E-state index contributed by atoms with van der Waals surface area (Å²) in [7, 11) is 1.55. The van der Waals surface area contributed by atoms with Gasteiger partial charge >= 0.3 is 0 Å². The van der Waals surface area contributed by atoms with E-state index in [0.29, 0.717) is 35.8 Å². The highest BCUT2D eigenvalue weighted by atomic mass is 16.5. The van der Waals surface area contributed by atoms with Crippen LogP contribution in [0.2, 0.25) is 0 Å². The molecule has 0 aliphatic carbocycles. The molecule has 2 heterocycles. The number of aromatic amines is 1. The number of ether oxygens (including phenoxy) is 2. The van der Waals surface area contributed by atoms with E-state index in [-0.39, 0.29) is 11.8 Å². The van der Waals surface area contributed by atoms with E-state index in [2.05, 4.69) is 16.3 Å². The lowest BCUT2D eigenvalue weighted by Gasteiger charge is -2.32. The third-order valence-corrected chi connectivity index (χ3v) is 4.32. The largest absolute Gasteiger partial charge is 0.493 e. The molecule has 1 aromatic heterocycles. The summed E-state index contributed by atoms with van der Waals surface area (Å²) in [5, 5.41) is 15.5. The van der Waals surface area contributed by atoms with Crippen LogP contribution in [0.25, 0.3) is 0 Å². The number of nitrogens with one attached hydrogen (secondary N) is 1. The molecule has 1 aliphatic rings. The Morgan fingerprint density at radius 2 is 2.36 bits per heavy atom. The maximum atomic E-state index is 12.4. The monoisotopic (exact) mass is 340 g/mol. The number of piperidine rings is 1. The van der Waals surface area contributed by atoms with Crippen molar-refractivity contribution in [2.75, 3.05) is 26.8 Å². The molecule has 3 rings (SSSR count). The van der Waals surface area contributed by atoms with Gasteiger partial charge in [0.15, 0.2) is 11.5 Å². The molecule has 1 amide bonds. The minimum absolute atomic E-state index is 0.00518. The topological polar surface area (TPSA) is 91.2 Å². The number of methoxy groups -OCH3 is 1. The third-order valence-electron chi connectivity index (χ3n) is 4.32. The van der Waals surface area contributed by atoms with Gasteiger partial charge in [0.2, 0.25) is 0 Å². The minimum atomic E-state index is -0.00518. The van der Waals surface area contributed by atoms with E-state index in [1.165, 1.54) is 0 Å². The molecule has 7 nitrogen and oxygen atoms in total. The fourth-order valence-corrected chi connectivity index (χ4v) is 3.00. The van der Waals surface area contributed by atoms with Crippen LogP contribution in [0.4, 0.5) is 0 Å². The Labute approximate surface area is 146 Å². The van der Waals surface area contributed by atoms with Gasteiger partial charge in [0.25, 0.3) is 5.91 Å². The molecular weight excluding hydrogens is 320 g/mol. The molecule has 7 heteroatoms. The highest BCUT2D eigenvalue weighted by Gasteiger charge is 2.25. The normalized spacial score (nSPS) is 17.0. The third kappa shape index (κ3) is 3.91. The molecule has 0 saturated carbocycles. The van der Waals surface area contributed by atoms with E-state index in [1.54, 1.807) is 37.7 Å². The fraction of sp³-hybridized carbons (Fsp3) is 0.389. The van der Waals surface area contributed by atoms with Crippen LogP contribution in [0.15, 0.2) is 30.6 Å². The number of rotatable bonds is 5. The van der Waals surface area contributed by atoms with Gasteiger partial charge < -0.3 is 14.4 Å². The Morgan fingerprint density at radius 1 is 1.48 bits per heavy atom. The zero-order valence-corrected chi connectivity index (χ0v) is 14.1. The van der Waals surface area contributed by atoms with Crippen molar-refractivity contribution in [3.63, 3.8) is 0 Å². The number of amides is 1. The van der Waals surface area contributed by atoms with Gasteiger partial charge in [-0.05, 0) is 25.0 Å². The molecule has 130 valence electrons. The van der Waals surface area contributed by atoms with Gasteiger partial charge in [-0.25, -0.2) is 0 Å². The Kier molecular flexibility index (Phi) is 5.19. The first kappa shape index (κ1) is 16.8. The maximum Gasteiger partial charge on any atom is 0.257 e. The van der Waals surface area contributed by atoms with Crippen molar-refractivity contribution in [1.82, 2.24) is 15.1 Å². The number of hydrogen-bond acceptors (Lipinski definition) is 5. The van der Waals surface area contributed by atoms with E-state index < -0.39 is 0 Å². The number of benzene rings is 1. The second-order valence-electron chi connectivity index (χ2n) is 6.03. The summed E-state index contributed by atoms with van der Waals surface area (Å²) in [5.41, 5.74) is 1.11. The lowest BCUT2D eigenvalue weighted by molar-refractivity contribution is 0.0632. The molecule has 0 radical (unpaired) electrons. The van der Waals surface area contributed by atoms with Crippen LogP contribution in [0.1, 0.15) is 28.8 Å². The molecule has 2 aromatic rings. The second kappa shape index (κ2) is 7.71. The number of H-pyrrole nitrogens is 1. The SMILES string of the molecule is COc1cc(C#N)ccc1OCC1CCCN(C(=O)c2cn[nH]c2)C1. The molecule has 1 saturated heterocycles. The number of hydrogen-bond donors (Lipinski definition) is 1. The van der Waals surface area contributed by atoms with Gasteiger partial charge in [-0.2, -0.15) is 10.4 Å². The first-order valence-electron chi connectivity index (χ1n) is 8.20. The summed E-state index contributed by atoms with van der Waals surface area (Å²) in [6.45, 7) is 1.90. The summed E-state index contributed by atoms with van der Waals surface area (Å²) < 4.78 is 11.2. The molecule has 0 spiro atoms. The van der Waals surface area contributed by atoms with Gasteiger partial charge in [-0.3, -0.25) is 9.89 Å². The van der Waals surface area contributed by atoms with Crippen molar-refractivity contribution in [2.24, 2.45) is 5.92 Å². The van der Waals surface area contributed by atoms with Crippen molar-refractivity contribution < 1.29 is 14.3 Å². The van der Waals surface area contributed by atoms with Gasteiger partial charge in [-0.15, -0.1) is 0 Å². The number of likely N-dealkylation sites (tertiary alicyclic amines) is 1. The van der Waals surface area contributed by atoms with Crippen molar-refractivity contribution >= 4 is 5.91 Å². The number of carbonyl (C=O) groups is 1. The first-order valence-corrected chi connectivity index (χ1v) is 8.20. The average Bonchev–Trinajstić information content (AvgIpc) is 3.20. The van der Waals surface area contributed by atoms with Crippen LogP contribution < -0.4 is 9.47 Å². The summed E-state index contributed by atoms with van der Waals surface area (Å²) in [5.74, 6) is 1.40. The lowest BCUT2D eigenvalue weighted by Crippen LogP contribution is -2.41. The van der Waals surface area contributed by atoms with Crippen LogP contribution >= 0.6 is 0 Å². The van der Waals surface area contributed by atoms with Crippen molar-refractivity contribution in [3.05, 3.63) is 41.7 Å². The number of nitrogens with zero attached hydrogens (tertiary/aromatic N) is 3. The number of nitriles is 1. The summed E-state index contributed by atoms with van der Waals surface area (Å²) in [4.78, 5) is 14.3. The zero-order chi connectivity index (χ0) is 17.6. The Bertz CT molecular complexity index is 767. The predicted octanol–water partition coefficient (Wildman–Crippen LogP) is 2.22. The summed E-state index contributed by atoms with van der Waals surface area (Å²) in [6, 6.07) is 7.18. The molecule has 1 atom stereocenters. The molecule has 0 bridgehead atoms. The summed E-state index contributed by atoms with van der Waals surface area (Å²) >= 11 is 0. The van der Waals surface area contributed by atoms with E-state index in [9.17, 15) is 4.79 Å². The van der Waals surface area contributed by atoms with Crippen LogP contribution in [-0.2, 0) is 0 Å². The minimum Gasteiger partial charge on any atom is -0.493 e. The van der Waals surface area contributed by atoms with Crippen LogP contribution in [0, 0.1) is 17.2 Å². The molecule has 1 N–H and O–H groups in total. The Hall–Kier alpha value is -3.01. The number of carbonyl (C=O) groups excluding carboxylic acids is 1. The molecule has 1 aliphatic heterocycles. The number of aromatic nitrogens is 2. The molecule has 1 unspecified atom stereocenters. The lowest BCUT2D eigenvalue weighted by atomic mass is 9.98. The highest BCUT2D eigenvalue weighted by molar-refractivity contribution is 5.93. The molecule has 25 heavy (non-hydrogen) atoms. The molecular formula is C18H20N4O3. The van der Waals surface area contributed by atoms with Crippen molar-refractivity contribution in [2.45, 2.75) is 12.8 Å². The van der Waals surface area contributed by atoms with Gasteiger partial charge in [0.1, 0.15) is 0 Å². The van der Waals surface area contributed by atoms with Crippen LogP contribution in [-0.4, -0.2) is 47.8 Å². The predicted molar refractivity (Wildman–Crippen MR) is 90.4 cm³/mol. The maximum absolute atomic E-state index is 12.4. The smallest absolute Gasteiger partial charge is 0.257 e. The molecule has 1 fully saturated rings. The van der Waals surface area contributed by atoms with E-state index in [0.717, 1.165) is 19.4 Å². The standard InChI is InChI=1S/C18H20N4O3/c1-24-17-7-13(8-19)4-5-16(17)25-12-14-3-2-6-22(11-14)18(23)15-9-20-21-10-15/h4-5,7,9-10,14H,2-3,6,11-12H2,1H3,(H,20,21). The van der Waals surface area contributed by atoms with Crippen LogP contribution in [0.3, 0.4) is 0 Å². The zero-order valence-electron chi connectivity index (χ0n) is 14.1. The van der Waals surface area contributed by atoms with Gasteiger partial charge in [0, 0.05) is 31.3 Å². The van der Waals surface area contributed by atoms with Crippen molar-refractivity contribution in [1.29, 1.82) is 5.26 Å². The highest BCUT2D eigenvalue weighted by Crippen LogP contribution is 2.29. The quantitative estimate of drug-likeness (QED) is 0.901. The van der Waals surface area contributed by atoms with Crippen molar-refractivity contribution in [3.8, 4) is 17.6 Å². The molecule has 1 aromatic carbocycles. The summed E-state index contributed by atoms with van der Waals surface area (Å²) in [6.07, 6.45) is 5.12.